The molecule has 3 rings (SSSR count). The summed E-state index contributed by atoms with van der Waals surface area (Å²) in [5, 5.41) is 0. The lowest BCUT2D eigenvalue weighted by Gasteiger charge is -2.09. The Morgan fingerprint density at radius 2 is 0.921 bits per heavy atom. The molecule has 0 saturated carbocycles. The van der Waals surface area contributed by atoms with Crippen LogP contribution in [-0.2, 0) is 23.7 Å². The minimum atomic E-state index is -0.0175. The summed E-state index contributed by atoms with van der Waals surface area (Å²) < 4.78 is 32.3. The van der Waals surface area contributed by atoms with Crippen LogP contribution >= 0.6 is 0 Å². The standard InChI is InChI=1S/C31H38O7/c1-25-3-5-26(6-4-25)27-7-9-28(10-8-27)31(32)29-11-13-30(14-12-29)38-24-23-37-22-21-36-20-19-35-18-17-34-16-15-33-2/h3-14H,15-24H2,1-2H3. The highest BCUT2D eigenvalue weighted by Crippen LogP contribution is 2.22. The molecule has 0 aliphatic heterocycles. The number of benzene rings is 3. The summed E-state index contributed by atoms with van der Waals surface area (Å²) in [6.07, 6.45) is 0. The van der Waals surface area contributed by atoms with Gasteiger partial charge in [0.2, 0.25) is 0 Å². The van der Waals surface area contributed by atoms with E-state index < -0.39 is 0 Å². The first-order chi connectivity index (χ1) is 18.7. The van der Waals surface area contributed by atoms with Crippen molar-refractivity contribution in [3.8, 4) is 16.9 Å². The van der Waals surface area contributed by atoms with Crippen molar-refractivity contribution in [1.29, 1.82) is 0 Å². The van der Waals surface area contributed by atoms with Gasteiger partial charge in [0.1, 0.15) is 12.4 Å². The molecular weight excluding hydrogens is 484 g/mol. The van der Waals surface area contributed by atoms with Crippen molar-refractivity contribution in [2.45, 2.75) is 6.92 Å². The van der Waals surface area contributed by atoms with E-state index in [1.807, 2.05) is 24.3 Å². The van der Waals surface area contributed by atoms with Gasteiger partial charge < -0.3 is 28.4 Å². The predicted molar refractivity (Wildman–Crippen MR) is 147 cm³/mol. The van der Waals surface area contributed by atoms with Crippen LogP contribution in [0.5, 0.6) is 5.75 Å². The third kappa shape index (κ3) is 10.7. The second kappa shape index (κ2) is 17.4. The van der Waals surface area contributed by atoms with Gasteiger partial charge in [-0.05, 0) is 42.3 Å². The Kier molecular flexibility index (Phi) is 13.5. The van der Waals surface area contributed by atoms with E-state index in [4.69, 9.17) is 28.4 Å². The molecule has 0 atom stereocenters. The van der Waals surface area contributed by atoms with E-state index >= 15 is 0 Å². The quantitative estimate of drug-likeness (QED) is 0.162. The second-order valence-corrected chi connectivity index (χ2v) is 8.59. The maximum absolute atomic E-state index is 12.9. The topological polar surface area (TPSA) is 72.5 Å². The van der Waals surface area contributed by atoms with Crippen molar-refractivity contribution < 1.29 is 33.2 Å². The third-order valence-electron chi connectivity index (χ3n) is 5.69. The maximum atomic E-state index is 12.9. The minimum absolute atomic E-state index is 0.0175. The van der Waals surface area contributed by atoms with Gasteiger partial charge in [-0.1, -0.05) is 54.1 Å². The lowest BCUT2D eigenvalue weighted by atomic mass is 9.99. The molecule has 3 aromatic rings. The van der Waals surface area contributed by atoms with E-state index in [1.165, 1.54) is 5.56 Å². The Hall–Kier alpha value is -3.07. The fourth-order valence-corrected chi connectivity index (χ4v) is 3.55. The van der Waals surface area contributed by atoms with Gasteiger partial charge >= 0.3 is 0 Å². The summed E-state index contributed by atoms with van der Waals surface area (Å²) in [7, 11) is 1.64. The van der Waals surface area contributed by atoms with Crippen LogP contribution in [0.1, 0.15) is 21.5 Å². The Bertz CT molecular complexity index is 1050. The van der Waals surface area contributed by atoms with E-state index in [2.05, 4.69) is 31.2 Å². The summed E-state index contributed by atoms with van der Waals surface area (Å²) in [6.45, 7) is 7.21. The number of rotatable bonds is 19. The van der Waals surface area contributed by atoms with Gasteiger partial charge in [0.25, 0.3) is 0 Å². The van der Waals surface area contributed by atoms with Crippen LogP contribution in [0.2, 0.25) is 0 Å². The van der Waals surface area contributed by atoms with E-state index in [0.717, 1.165) is 11.1 Å². The van der Waals surface area contributed by atoms with E-state index in [-0.39, 0.29) is 5.78 Å². The zero-order valence-corrected chi connectivity index (χ0v) is 22.4. The van der Waals surface area contributed by atoms with Gasteiger partial charge in [-0.25, -0.2) is 0 Å². The Labute approximate surface area is 225 Å². The molecule has 0 bridgehead atoms. The van der Waals surface area contributed by atoms with Crippen molar-refractivity contribution in [2.24, 2.45) is 0 Å². The van der Waals surface area contributed by atoms with Crippen molar-refractivity contribution in [3.63, 3.8) is 0 Å². The summed E-state index contributed by atoms with van der Waals surface area (Å²) in [5.74, 6) is 0.676. The number of carbonyl (C=O) groups excluding carboxylic acids is 1. The Balaban J connectivity index is 1.25. The highest BCUT2D eigenvalue weighted by molar-refractivity contribution is 6.09. The molecule has 0 aromatic heterocycles. The molecular formula is C31H38O7. The molecule has 7 heteroatoms. The predicted octanol–water partition coefficient (Wildman–Crippen LogP) is 4.98. The first-order valence-electron chi connectivity index (χ1n) is 12.9. The van der Waals surface area contributed by atoms with Crippen molar-refractivity contribution in [1.82, 2.24) is 0 Å². The zero-order chi connectivity index (χ0) is 26.8. The Morgan fingerprint density at radius 1 is 0.526 bits per heavy atom. The summed E-state index contributed by atoms with van der Waals surface area (Å²) in [6, 6.07) is 23.2. The van der Waals surface area contributed by atoms with Crippen molar-refractivity contribution in [3.05, 3.63) is 89.5 Å². The minimum Gasteiger partial charge on any atom is -0.491 e. The average Bonchev–Trinajstić information content (AvgIpc) is 2.95. The molecule has 204 valence electrons. The molecule has 3 aromatic carbocycles. The van der Waals surface area contributed by atoms with Crippen LogP contribution < -0.4 is 4.74 Å². The van der Waals surface area contributed by atoms with Gasteiger partial charge in [-0.3, -0.25) is 4.79 Å². The van der Waals surface area contributed by atoms with E-state index in [0.29, 0.717) is 82.9 Å². The molecule has 0 aliphatic carbocycles. The number of methoxy groups -OCH3 is 1. The fourth-order valence-electron chi connectivity index (χ4n) is 3.55. The van der Waals surface area contributed by atoms with Gasteiger partial charge in [0.05, 0.1) is 59.5 Å². The molecule has 0 saturated heterocycles. The SMILES string of the molecule is COCCOCCOCCOCCOCCOc1ccc(C(=O)c2ccc(-c3ccc(C)cc3)cc2)cc1. The Morgan fingerprint density at radius 3 is 1.39 bits per heavy atom. The van der Waals surface area contributed by atoms with Crippen LogP contribution in [0, 0.1) is 6.92 Å². The maximum Gasteiger partial charge on any atom is 0.193 e. The molecule has 0 N–H and O–H groups in total. The van der Waals surface area contributed by atoms with E-state index in [1.54, 1.807) is 31.4 Å². The highest BCUT2D eigenvalue weighted by atomic mass is 16.6. The lowest BCUT2D eigenvalue weighted by molar-refractivity contribution is -0.00978. The number of hydrogen-bond acceptors (Lipinski definition) is 7. The fraction of sp³-hybridized carbons (Fsp3) is 0.387. The van der Waals surface area contributed by atoms with Crippen molar-refractivity contribution in [2.75, 3.05) is 73.2 Å². The number of ketones is 1. The molecule has 0 heterocycles. The smallest absolute Gasteiger partial charge is 0.193 e. The zero-order valence-electron chi connectivity index (χ0n) is 22.4. The number of aryl methyl sites for hydroxylation is 1. The number of carbonyl (C=O) groups is 1. The molecule has 38 heavy (non-hydrogen) atoms. The lowest BCUT2D eigenvalue weighted by Crippen LogP contribution is -2.14. The summed E-state index contributed by atoms with van der Waals surface area (Å²) in [4.78, 5) is 12.9. The molecule has 0 aliphatic rings. The summed E-state index contributed by atoms with van der Waals surface area (Å²) >= 11 is 0. The molecule has 0 fully saturated rings. The number of hydrogen-bond donors (Lipinski definition) is 0. The van der Waals surface area contributed by atoms with Crippen LogP contribution in [-0.4, -0.2) is 79.0 Å². The van der Waals surface area contributed by atoms with Crippen LogP contribution in [0.4, 0.5) is 0 Å². The second-order valence-electron chi connectivity index (χ2n) is 8.59. The molecule has 0 unspecified atom stereocenters. The molecule has 0 radical (unpaired) electrons. The van der Waals surface area contributed by atoms with Crippen LogP contribution in [0.15, 0.2) is 72.8 Å². The first kappa shape index (κ1) is 29.5. The largest absolute Gasteiger partial charge is 0.491 e. The van der Waals surface area contributed by atoms with Gasteiger partial charge in [-0.15, -0.1) is 0 Å². The van der Waals surface area contributed by atoms with Gasteiger partial charge in [0, 0.05) is 18.2 Å². The van der Waals surface area contributed by atoms with Gasteiger partial charge in [0.15, 0.2) is 5.78 Å². The monoisotopic (exact) mass is 522 g/mol. The third-order valence-corrected chi connectivity index (χ3v) is 5.69. The first-order valence-corrected chi connectivity index (χ1v) is 12.9. The highest BCUT2D eigenvalue weighted by Gasteiger charge is 2.10. The number of ether oxygens (including phenoxy) is 6. The van der Waals surface area contributed by atoms with Crippen molar-refractivity contribution >= 4 is 5.78 Å². The molecule has 7 nitrogen and oxygen atoms in total. The molecule has 0 spiro atoms. The normalized spacial score (nSPS) is 11.0. The summed E-state index contributed by atoms with van der Waals surface area (Å²) in [5.41, 5.74) is 4.72. The van der Waals surface area contributed by atoms with Gasteiger partial charge in [-0.2, -0.15) is 0 Å². The van der Waals surface area contributed by atoms with Crippen LogP contribution in [0.3, 0.4) is 0 Å². The average molecular weight is 523 g/mol. The van der Waals surface area contributed by atoms with E-state index in [9.17, 15) is 4.79 Å². The molecule has 0 amide bonds. The van der Waals surface area contributed by atoms with Crippen LogP contribution in [0.25, 0.3) is 11.1 Å².